The molecule has 2 aliphatic heterocycles. The Labute approximate surface area is 115 Å². The van der Waals surface area contributed by atoms with Crippen LogP contribution in [0.5, 0.6) is 0 Å². The fourth-order valence-corrected chi connectivity index (χ4v) is 3.28. The van der Waals surface area contributed by atoms with E-state index in [2.05, 4.69) is 34.8 Å². The van der Waals surface area contributed by atoms with Crippen molar-refractivity contribution in [2.45, 2.75) is 44.8 Å². The predicted molar refractivity (Wildman–Crippen MR) is 74.7 cm³/mol. The van der Waals surface area contributed by atoms with Gasteiger partial charge >= 0.3 is 0 Å². The van der Waals surface area contributed by atoms with Crippen LogP contribution in [-0.2, 0) is 17.9 Å². The molecule has 3 rings (SSSR count). The van der Waals surface area contributed by atoms with Crippen molar-refractivity contribution >= 4 is 5.91 Å². The largest absolute Gasteiger partial charge is 0.348 e. The summed E-state index contributed by atoms with van der Waals surface area (Å²) in [5.41, 5.74) is 1.26. The summed E-state index contributed by atoms with van der Waals surface area (Å²) in [5, 5.41) is 0. The molecule has 1 amide bonds. The van der Waals surface area contributed by atoms with Crippen molar-refractivity contribution in [2.75, 3.05) is 20.1 Å². The average molecular weight is 261 g/mol. The Kier molecular flexibility index (Phi) is 3.60. The van der Waals surface area contributed by atoms with Crippen LogP contribution in [0.15, 0.2) is 18.3 Å². The number of fused-ring (bicyclic) bond motifs is 1. The van der Waals surface area contributed by atoms with E-state index in [0.717, 1.165) is 32.6 Å². The molecule has 1 fully saturated rings. The van der Waals surface area contributed by atoms with Gasteiger partial charge in [0.05, 0.1) is 12.6 Å². The van der Waals surface area contributed by atoms with Gasteiger partial charge in [-0.1, -0.05) is 12.8 Å². The van der Waals surface area contributed by atoms with E-state index >= 15 is 0 Å². The Morgan fingerprint density at radius 1 is 1.21 bits per heavy atom. The van der Waals surface area contributed by atoms with Gasteiger partial charge in [0, 0.05) is 25.0 Å². The van der Waals surface area contributed by atoms with Crippen LogP contribution < -0.4 is 0 Å². The van der Waals surface area contributed by atoms with Gasteiger partial charge in [-0.05, 0) is 38.6 Å². The molecule has 0 radical (unpaired) electrons. The van der Waals surface area contributed by atoms with E-state index in [1.54, 1.807) is 0 Å². The van der Waals surface area contributed by atoms with Crippen LogP contribution in [0, 0.1) is 0 Å². The lowest BCUT2D eigenvalue weighted by molar-refractivity contribution is -0.138. The smallest absolute Gasteiger partial charge is 0.240 e. The number of aromatic nitrogens is 1. The Hall–Kier alpha value is -1.29. The van der Waals surface area contributed by atoms with Crippen molar-refractivity contribution < 1.29 is 4.79 Å². The maximum Gasteiger partial charge on any atom is 0.240 e. The van der Waals surface area contributed by atoms with Crippen LogP contribution in [0.3, 0.4) is 0 Å². The Bertz CT molecular complexity index is 454. The molecular weight excluding hydrogens is 238 g/mol. The van der Waals surface area contributed by atoms with Crippen LogP contribution in [0.2, 0.25) is 0 Å². The molecule has 1 unspecified atom stereocenters. The van der Waals surface area contributed by atoms with Crippen LogP contribution >= 0.6 is 0 Å². The molecule has 0 aromatic carbocycles. The minimum Gasteiger partial charge on any atom is -0.348 e. The molecule has 0 saturated carbocycles. The van der Waals surface area contributed by atoms with Crippen molar-refractivity contribution in [1.82, 2.24) is 14.4 Å². The van der Waals surface area contributed by atoms with E-state index in [0.29, 0.717) is 5.91 Å². The summed E-state index contributed by atoms with van der Waals surface area (Å²) in [6.07, 6.45) is 6.80. The SMILES string of the molecule is CN1CCCCCC1C(=O)N1CCn2cccc2C1. The number of rotatable bonds is 1. The Morgan fingerprint density at radius 3 is 3.00 bits per heavy atom. The molecule has 104 valence electrons. The molecule has 1 atom stereocenters. The highest BCUT2D eigenvalue weighted by molar-refractivity contribution is 5.82. The molecule has 19 heavy (non-hydrogen) atoms. The summed E-state index contributed by atoms with van der Waals surface area (Å²) in [6.45, 7) is 3.62. The van der Waals surface area contributed by atoms with E-state index < -0.39 is 0 Å². The Morgan fingerprint density at radius 2 is 2.11 bits per heavy atom. The fourth-order valence-electron chi connectivity index (χ4n) is 3.28. The van der Waals surface area contributed by atoms with Crippen molar-refractivity contribution in [3.05, 3.63) is 24.0 Å². The summed E-state index contributed by atoms with van der Waals surface area (Å²) in [7, 11) is 2.10. The first-order valence-corrected chi connectivity index (χ1v) is 7.39. The van der Waals surface area contributed by atoms with Crippen LogP contribution in [0.1, 0.15) is 31.4 Å². The summed E-state index contributed by atoms with van der Waals surface area (Å²) in [4.78, 5) is 17.0. The maximum atomic E-state index is 12.7. The number of carbonyl (C=O) groups excluding carboxylic acids is 1. The van der Waals surface area contributed by atoms with Gasteiger partial charge in [-0.25, -0.2) is 0 Å². The first-order valence-electron chi connectivity index (χ1n) is 7.39. The zero-order valence-corrected chi connectivity index (χ0v) is 11.7. The van der Waals surface area contributed by atoms with Crippen molar-refractivity contribution in [3.63, 3.8) is 0 Å². The van der Waals surface area contributed by atoms with E-state index in [4.69, 9.17) is 0 Å². The van der Waals surface area contributed by atoms with Gasteiger partial charge in [-0.15, -0.1) is 0 Å². The van der Waals surface area contributed by atoms with Gasteiger partial charge in [-0.3, -0.25) is 9.69 Å². The molecule has 0 bridgehead atoms. The standard InChI is InChI=1S/C15H23N3O/c1-16-8-4-2-3-7-14(16)15(19)18-11-10-17-9-5-6-13(17)12-18/h5-6,9,14H,2-4,7-8,10-12H2,1H3. The monoisotopic (exact) mass is 261 g/mol. The normalized spacial score (nSPS) is 24.9. The number of hydrogen-bond acceptors (Lipinski definition) is 2. The number of likely N-dealkylation sites (N-methyl/N-ethyl adjacent to an activating group) is 1. The first kappa shape index (κ1) is 12.7. The summed E-state index contributed by atoms with van der Waals surface area (Å²) in [5.74, 6) is 0.330. The molecule has 4 nitrogen and oxygen atoms in total. The number of likely N-dealkylation sites (tertiary alicyclic amines) is 1. The van der Waals surface area contributed by atoms with Gasteiger partial charge in [0.15, 0.2) is 0 Å². The molecule has 1 saturated heterocycles. The zero-order valence-electron chi connectivity index (χ0n) is 11.7. The minimum absolute atomic E-state index is 0.101. The van der Waals surface area contributed by atoms with Gasteiger partial charge in [-0.2, -0.15) is 0 Å². The third-order valence-corrected chi connectivity index (χ3v) is 4.50. The summed E-state index contributed by atoms with van der Waals surface area (Å²) in [6, 6.07) is 4.29. The summed E-state index contributed by atoms with van der Waals surface area (Å²) < 4.78 is 2.25. The molecule has 1 aromatic rings. The van der Waals surface area contributed by atoms with E-state index in [1.165, 1.54) is 25.0 Å². The lowest BCUT2D eigenvalue weighted by Crippen LogP contribution is -2.49. The van der Waals surface area contributed by atoms with Crippen molar-refractivity contribution in [1.29, 1.82) is 0 Å². The van der Waals surface area contributed by atoms with Crippen LogP contribution in [0.4, 0.5) is 0 Å². The number of carbonyl (C=O) groups is 1. The number of nitrogens with zero attached hydrogens (tertiary/aromatic N) is 3. The average Bonchev–Trinajstić information content (AvgIpc) is 2.79. The van der Waals surface area contributed by atoms with Crippen molar-refractivity contribution in [3.8, 4) is 0 Å². The number of amides is 1. The van der Waals surface area contributed by atoms with Gasteiger partial charge < -0.3 is 9.47 Å². The predicted octanol–water partition coefficient (Wildman–Crippen LogP) is 1.70. The molecule has 0 aliphatic carbocycles. The second kappa shape index (κ2) is 5.37. The summed E-state index contributed by atoms with van der Waals surface area (Å²) >= 11 is 0. The molecule has 0 N–H and O–H groups in total. The molecular formula is C15H23N3O. The lowest BCUT2D eigenvalue weighted by atomic mass is 10.1. The van der Waals surface area contributed by atoms with Gasteiger partial charge in [0.2, 0.25) is 5.91 Å². The van der Waals surface area contributed by atoms with Gasteiger partial charge in [0.25, 0.3) is 0 Å². The highest BCUT2D eigenvalue weighted by Gasteiger charge is 2.30. The zero-order chi connectivity index (χ0) is 13.2. The molecule has 0 spiro atoms. The maximum absolute atomic E-state index is 12.7. The van der Waals surface area contributed by atoms with Crippen LogP contribution in [-0.4, -0.2) is 46.5 Å². The molecule has 3 heterocycles. The van der Waals surface area contributed by atoms with E-state index in [1.807, 2.05) is 4.90 Å². The third-order valence-electron chi connectivity index (χ3n) is 4.50. The molecule has 4 heteroatoms. The highest BCUT2D eigenvalue weighted by Crippen LogP contribution is 2.20. The quantitative estimate of drug-likeness (QED) is 0.770. The third kappa shape index (κ3) is 2.54. The fraction of sp³-hybridized carbons (Fsp3) is 0.667. The second-order valence-electron chi connectivity index (χ2n) is 5.80. The lowest BCUT2D eigenvalue weighted by Gasteiger charge is -2.34. The highest BCUT2D eigenvalue weighted by atomic mass is 16.2. The van der Waals surface area contributed by atoms with Gasteiger partial charge in [0.1, 0.15) is 0 Å². The second-order valence-corrected chi connectivity index (χ2v) is 5.80. The molecule has 1 aromatic heterocycles. The molecule has 2 aliphatic rings. The topological polar surface area (TPSA) is 28.5 Å². The van der Waals surface area contributed by atoms with Crippen LogP contribution in [0.25, 0.3) is 0 Å². The first-order chi connectivity index (χ1) is 9.25. The number of hydrogen-bond donors (Lipinski definition) is 0. The van der Waals surface area contributed by atoms with E-state index in [9.17, 15) is 4.79 Å². The van der Waals surface area contributed by atoms with Crippen molar-refractivity contribution in [2.24, 2.45) is 0 Å². The Balaban J connectivity index is 1.70. The minimum atomic E-state index is 0.101. The van der Waals surface area contributed by atoms with E-state index in [-0.39, 0.29) is 6.04 Å².